The lowest BCUT2D eigenvalue weighted by Crippen LogP contribution is -2.56. The number of sulfone groups is 1. The molecule has 1 aliphatic heterocycles. The molecule has 0 unspecified atom stereocenters. The molecule has 278 valence electrons. The Kier molecular flexibility index (Phi) is 11.2. The maximum Gasteiger partial charge on any atom is 0.407 e. The number of halogens is 1. The fourth-order valence-electron chi connectivity index (χ4n) is 5.73. The van der Waals surface area contributed by atoms with Gasteiger partial charge in [0.05, 0.1) is 38.3 Å². The molecule has 4 aromatic carbocycles. The van der Waals surface area contributed by atoms with Crippen molar-refractivity contribution in [3.05, 3.63) is 105 Å². The van der Waals surface area contributed by atoms with Gasteiger partial charge in [-0.05, 0) is 93.0 Å². The highest BCUT2D eigenvalue weighted by Crippen LogP contribution is 2.40. The Morgan fingerprint density at radius 3 is 1.75 bits per heavy atom. The molecular formula is C35H35IN6O9S2. The molecule has 0 radical (unpaired) electrons. The predicted octanol–water partition coefficient (Wildman–Crippen LogP) is 4.55. The van der Waals surface area contributed by atoms with Gasteiger partial charge in [0.1, 0.15) is 27.4 Å². The normalized spacial score (nSPS) is 13.5. The fourth-order valence-corrected chi connectivity index (χ4v) is 10.7. The maximum atomic E-state index is 15.3. The number of methoxy groups -OCH3 is 3. The molecule has 1 N–H and O–H groups in total. The Labute approximate surface area is 320 Å². The molecule has 18 heteroatoms. The molecule has 0 aliphatic carbocycles. The van der Waals surface area contributed by atoms with Crippen LogP contribution >= 0.6 is 22.6 Å². The number of amides is 1. The molecular weight excluding hydrogens is 839 g/mol. The van der Waals surface area contributed by atoms with Crippen molar-refractivity contribution < 1.29 is 40.9 Å². The Morgan fingerprint density at radius 2 is 1.28 bits per heavy atom. The van der Waals surface area contributed by atoms with E-state index in [9.17, 15) is 18.3 Å². The Hall–Kier alpha value is -4.79. The van der Waals surface area contributed by atoms with Gasteiger partial charge in [-0.3, -0.25) is 0 Å². The third-order valence-corrected chi connectivity index (χ3v) is 13.8. The highest BCUT2D eigenvalue weighted by molar-refractivity contribution is 14.1. The molecule has 15 nitrogen and oxygen atoms in total. The monoisotopic (exact) mass is 874 g/mol. The summed E-state index contributed by atoms with van der Waals surface area (Å²) >= 11 is 1.93. The second-order valence-electron chi connectivity index (χ2n) is 12.1. The van der Waals surface area contributed by atoms with Gasteiger partial charge in [0.2, 0.25) is 15.8 Å². The van der Waals surface area contributed by atoms with Crippen LogP contribution in [0.2, 0.25) is 0 Å². The van der Waals surface area contributed by atoms with Crippen molar-refractivity contribution in [2.24, 2.45) is 0 Å². The van der Waals surface area contributed by atoms with E-state index in [2.05, 4.69) is 15.4 Å². The molecule has 1 amide bonds. The minimum Gasteiger partial charge on any atom is -0.497 e. The quantitative estimate of drug-likeness (QED) is 0.154. The molecule has 1 fully saturated rings. The molecule has 53 heavy (non-hydrogen) atoms. The summed E-state index contributed by atoms with van der Waals surface area (Å²) in [5.41, 5.74) is 1.99. The van der Waals surface area contributed by atoms with Gasteiger partial charge in [0.15, 0.2) is 9.84 Å². The zero-order chi connectivity index (χ0) is 37.9. The molecule has 1 saturated heterocycles. The van der Waals surface area contributed by atoms with Crippen LogP contribution in [-0.2, 0) is 39.5 Å². The molecule has 0 spiro atoms. The lowest BCUT2D eigenvalue weighted by Gasteiger charge is -2.37. The first-order valence-corrected chi connectivity index (χ1v) is 20.1. The number of ether oxygens (including phenoxy) is 3. The summed E-state index contributed by atoms with van der Waals surface area (Å²) in [5.74, 6) is 1.71. The van der Waals surface area contributed by atoms with E-state index in [1.165, 1.54) is 35.5 Å². The number of hydrogen-bond donors (Lipinski definition) is 1. The number of tetrazole rings is 1. The van der Waals surface area contributed by atoms with Crippen LogP contribution in [-0.4, -0.2) is 97.1 Å². The highest BCUT2D eigenvalue weighted by Gasteiger charge is 2.45. The molecule has 1 aromatic heterocycles. The van der Waals surface area contributed by atoms with Crippen molar-refractivity contribution in [1.82, 2.24) is 29.4 Å². The summed E-state index contributed by atoms with van der Waals surface area (Å²) in [6.07, 6.45) is -1.27. The topological polar surface area (TPSA) is 183 Å². The largest absolute Gasteiger partial charge is 0.497 e. The second-order valence-corrected chi connectivity index (χ2v) is 17.3. The van der Waals surface area contributed by atoms with Crippen LogP contribution in [0.1, 0.15) is 16.7 Å². The average molecular weight is 875 g/mol. The summed E-state index contributed by atoms with van der Waals surface area (Å²) in [6.45, 7) is -0.721. The average Bonchev–Trinajstić information content (AvgIpc) is 3.58. The summed E-state index contributed by atoms with van der Waals surface area (Å²) in [7, 11) is -4.53. The van der Waals surface area contributed by atoms with E-state index in [-0.39, 0.29) is 44.1 Å². The molecule has 0 saturated carbocycles. The number of aromatic nitrogens is 4. The molecule has 2 heterocycles. The fraction of sp³-hybridized carbons (Fsp3) is 0.257. The van der Waals surface area contributed by atoms with E-state index in [0.717, 1.165) is 10.5 Å². The number of rotatable bonds is 14. The molecule has 5 aromatic rings. The van der Waals surface area contributed by atoms with E-state index >= 15 is 8.42 Å². The number of sulfonamides is 1. The first-order chi connectivity index (χ1) is 25.3. The van der Waals surface area contributed by atoms with Gasteiger partial charge < -0.3 is 24.2 Å². The molecule has 6 rings (SSSR count). The van der Waals surface area contributed by atoms with Crippen molar-refractivity contribution >= 4 is 48.5 Å². The Bertz CT molecular complexity index is 2270. The molecule has 1 aliphatic rings. The van der Waals surface area contributed by atoms with E-state index in [0.29, 0.717) is 31.9 Å². The van der Waals surface area contributed by atoms with Crippen LogP contribution in [0, 0.1) is 3.57 Å². The lowest BCUT2D eigenvalue weighted by molar-refractivity contribution is 0.120. The molecule has 0 bridgehead atoms. The lowest BCUT2D eigenvalue weighted by atomic mass is 10.2. The third kappa shape index (κ3) is 8.09. The SMILES string of the molecule is COc1ccc(CN(Cc2ccc(OC)cc2)S(=O)(=O)c2c(S(=O)(=O)C3CN(C(=O)O)C3)ccc(I)c2-c2nnn(Cc3ccc(OC)cc3)n2)cc1. The third-order valence-electron chi connectivity index (χ3n) is 8.73. The van der Waals surface area contributed by atoms with Gasteiger partial charge in [0, 0.05) is 29.7 Å². The first kappa shape index (κ1) is 38.0. The zero-order valence-corrected chi connectivity index (χ0v) is 32.6. The number of benzene rings is 4. The second kappa shape index (κ2) is 15.7. The van der Waals surface area contributed by atoms with Crippen LogP contribution in [0.4, 0.5) is 4.79 Å². The zero-order valence-electron chi connectivity index (χ0n) is 28.8. The summed E-state index contributed by atoms with van der Waals surface area (Å²) in [4.78, 5) is 12.8. The van der Waals surface area contributed by atoms with Gasteiger partial charge in [-0.25, -0.2) is 21.6 Å². The van der Waals surface area contributed by atoms with Gasteiger partial charge >= 0.3 is 6.09 Å². The van der Waals surface area contributed by atoms with Gasteiger partial charge in [-0.1, -0.05) is 36.4 Å². The minimum absolute atomic E-state index is 0.0449. The van der Waals surface area contributed by atoms with Crippen LogP contribution in [0.3, 0.4) is 0 Å². The molecule has 0 atom stereocenters. The van der Waals surface area contributed by atoms with Crippen molar-refractivity contribution in [2.75, 3.05) is 34.4 Å². The maximum absolute atomic E-state index is 15.3. The summed E-state index contributed by atoms with van der Waals surface area (Å²) < 4.78 is 76.5. The van der Waals surface area contributed by atoms with Gasteiger partial charge in [0.25, 0.3) is 0 Å². The highest BCUT2D eigenvalue weighted by atomic mass is 127. The number of likely N-dealkylation sites (tertiary alicyclic amines) is 1. The van der Waals surface area contributed by atoms with Crippen LogP contribution in [0.25, 0.3) is 11.4 Å². The minimum atomic E-state index is -4.72. The van der Waals surface area contributed by atoms with E-state index in [1.807, 2.05) is 34.7 Å². The van der Waals surface area contributed by atoms with Crippen LogP contribution in [0.5, 0.6) is 17.2 Å². The Morgan fingerprint density at radius 1 is 0.792 bits per heavy atom. The van der Waals surface area contributed by atoms with Crippen molar-refractivity contribution in [1.29, 1.82) is 0 Å². The van der Waals surface area contributed by atoms with Crippen molar-refractivity contribution in [3.8, 4) is 28.6 Å². The van der Waals surface area contributed by atoms with E-state index in [1.54, 1.807) is 67.8 Å². The standard InChI is InChI=1S/C35H35IN6O9S2/c1-49-26-10-4-23(5-11-26)18-41(19-24-6-12-27(50-2)13-7-24)53(47,48)33-31(52(45,46)29-21-40(22-29)35(43)44)17-16-30(36)32(33)34-37-39-42(38-34)20-25-8-14-28(51-3)15-9-25/h4-17,29H,18-22H2,1-3H3,(H,43,44). The van der Waals surface area contributed by atoms with Crippen LogP contribution in [0.15, 0.2) is 94.7 Å². The smallest absolute Gasteiger partial charge is 0.407 e. The predicted molar refractivity (Wildman–Crippen MR) is 201 cm³/mol. The summed E-state index contributed by atoms with van der Waals surface area (Å²) in [6, 6.07) is 23.7. The van der Waals surface area contributed by atoms with Crippen molar-refractivity contribution in [3.63, 3.8) is 0 Å². The first-order valence-electron chi connectivity index (χ1n) is 16.1. The number of nitrogens with zero attached hydrogens (tertiary/aromatic N) is 6. The Balaban J connectivity index is 1.50. The van der Waals surface area contributed by atoms with E-state index < -0.39 is 41.0 Å². The van der Waals surface area contributed by atoms with E-state index in [4.69, 9.17) is 14.2 Å². The van der Waals surface area contributed by atoms with Crippen LogP contribution < -0.4 is 14.2 Å². The van der Waals surface area contributed by atoms with Gasteiger partial charge in [-0.15, -0.1) is 10.2 Å². The number of carbonyl (C=O) groups is 1. The van der Waals surface area contributed by atoms with Crippen molar-refractivity contribution in [2.45, 2.75) is 34.7 Å². The number of carboxylic acid groups (broad SMARTS) is 1. The van der Waals surface area contributed by atoms with Gasteiger partial charge in [-0.2, -0.15) is 9.10 Å². The number of hydrogen-bond acceptors (Lipinski definition) is 11. The summed E-state index contributed by atoms with van der Waals surface area (Å²) in [5, 5.41) is 21.2.